The van der Waals surface area contributed by atoms with Crippen LogP contribution in [0.4, 0.5) is 10.1 Å². The Morgan fingerprint density at radius 2 is 2.14 bits per heavy atom. The lowest BCUT2D eigenvalue weighted by molar-refractivity contribution is 0.500. The zero-order valence-corrected chi connectivity index (χ0v) is 12.9. The zero-order valence-electron chi connectivity index (χ0n) is 12.0. The van der Waals surface area contributed by atoms with Gasteiger partial charge in [0.15, 0.2) is 5.11 Å². The van der Waals surface area contributed by atoms with Gasteiger partial charge in [-0.1, -0.05) is 19.1 Å². The summed E-state index contributed by atoms with van der Waals surface area (Å²) in [6, 6.07) is 10.1. The number of thiocarbonyl (C=S) groups is 1. The average molecular weight is 317 g/mol. The molecule has 1 aliphatic carbocycles. The molecule has 4 nitrogen and oxygen atoms in total. The van der Waals surface area contributed by atoms with Gasteiger partial charge < -0.3 is 9.73 Å². The first-order valence-corrected chi connectivity index (χ1v) is 7.48. The first kappa shape index (κ1) is 14.7. The summed E-state index contributed by atoms with van der Waals surface area (Å²) in [5, 5.41) is 6.93. The third-order valence-corrected chi connectivity index (χ3v) is 3.80. The molecular weight excluding hydrogens is 301 g/mol. The Kier molecular flexibility index (Phi) is 4.20. The molecule has 22 heavy (non-hydrogen) atoms. The molecule has 0 aliphatic heterocycles. The molecule has 0 spiro atoms. The van der Waals surface area contributed by atoms with E-state index in [0.29, 0.717) is 23.3 Å². The van der Waals surface area contributed by atoms with Gasteiger partial charge in [-0.3, -0.25) is 5.43 Å². The molecule has 1 aromatic carbocycles. The van der Waals surface area contributed by atoms with Crippen LogP contribution in [-0.4, -0.2) is 11.3 Å². The normalized spacial score (nSPS) is 20.1. The van der Waals surface area contributed by atoms with E-state index in [9.17, 15) is 4.39 Å². The minimum Gasteiger partial charge on any atom is -0.460 e. The number of furan rings is 1. The van der Waals surface area contributed by atoms with Crippen LogP contribution in [0.15, 0.2) is 45.9 Å². The molecule has 3 rings (SSSR count). The quantitative estimate of drug-likeness (QED) is 0.511. The highest BCUT2D eigenvalue weighted by molar-refractivity contribution is 7.80. The molecule has 0 saturated heterocycles. The van der Waals surface area contributed by atoms with E-state index in [1.54, 1.807) is 24.4 Å². The molecule has 114 valence electrons. The van der Waals surface area contributed by atoms with Crippen molar-refractivity contribution in [1.29, 1.82) is 0 Å². The van der Waals surface area contributed by atoms with Crippen molar-refractivity contribution in [3.05, 3.63) is 53.7 Å². The molecule has 1 aliphatic rings. The minimum absolute atomic E-state index is 0.212. The Bertz CT molecular complexity index is 713. The highest BCUT2D eigenvalue weighted by Crippen LogP contribution is 2.47. The summed E-state index contributed by atoms with van der Waals surface area (Å²) >= 11 is 5.05. The van der Waals surface area contributed by atoms with Gasteiger partial charge in [-0.2, -0.15) is 5.10 Å². The van der Waals surface area contributed by atoms with Gasteiger partial charge in [0.1, 0.15) is 17.3 Å². The molecule has 0 amide bonds. The van der Waals surface area contributed by atoms with Crippen LogP contribution in [0.1, 0.15) is 30.8 Å². The van der Waals surface area contributed by atoms with Gasteiger partial charge in [0, 0.05) is 5.92 Å². The van der Waals surface area contributed by atoms with E-state index in [1.165, 1.54) is 12.5 Å². The molecule has 0 unspecified atom stereocenters. The first-order valence-electron chi connectivity index (χ1n) is 7.08. The van der Waals surface area contributed by atoms with Gasteiger partial charge >= 0.3 is 0 Å². The topological polar surface area (TPSA) is 49.6 Å². The fourth-order valence-electron chi connectivity index (χ4n) is 2.22. The van der Waals surface area contributed by atoms with E-state index in [-0.39, 0.29) is 10.9 Å². The lowest BCUT2D eigenvalue weighted by Gasteiger charge is -2.07. The lowest BCUT2D eigenvalue weighted by Crippen LogP contribution is -2.24. The molecule has 0 radical (unpaired) electrons. The van der Waals surface area contributed by atoms with Crippen molar-refractivity contribution in [3.63, 3.8) is 0 Å². The van der Waals surface area contributed by atoms with E-state index in [1.807, 2.05) is 12.1 Å². The summed E-state index contributed by atoms with van der Waals surface area (Å²) in [6.45, 7) is 2.20. The van der Waals surface area contributed by atoms with Crippen molar-refractivity contribution in [2.24, 2.45) is 11.0 Å². The fraction of sp³-hybridized carbons (Fsp3) is 0.250. The summed E-state index contributed by atoms with van der Waals surface area (Å²) in [5.74, 6) is 2.53. The molecule has 1 saturated carbocycles. The SMILES string of the molecule is C[C@@H]1C[C@@H]1c1ccc(/C=N\NC(=S)Nc2ccccc2F)o1. The standard InChI is InChI=1S/C16H16FN3OS/c1-10-8-12(10)15-7-6-11(21-15)9-18-20-16(22)19-14-5-3-2-4-13(14)17/h2-7,9-10,12H,8H2,1H3,(H2,19,20,22)/b18-9-/t10-,12+/m1/s1. The molecule has 1 fully saturated rings. The summed E-state index contributed by atoms with van der Waals surface area (Å²) in [5.41, 5.74) is 2.94. The van der Waals surface area contributed by atoms with Crippen molar-refractivity contribution in [3.8, 4) is 0 Å². The molecule has 2 N–H and O–H groups in total. The second-order valence-electron chi connectivity index (χ2n) is 5.36. The van der Waals surface area contributed by atoms with Crippen molar-refractivity contribution in [2.45, 2.75) is 19.3 Å². The second-order valence-corrected chi connectivity index (χ2v) is 5.77. The van der Waals surface area contributed by atoms with Gasteiger partial charge in [-0.15, -0.1) is 0 Å². The van der Waals surface area contributed by atoms with Crippen molar-refractivity contribution in [1.82, 2.24) is 5.43 Å². The third-order valence-electron chi connectivity index (χ3n) is 3.60. The number of hydrazone groups is 1. The predicted molar refractivity (Wildman–Crippen MR) is 88.6 cm³/mol. The van der Waals surface area contributed by atoms with Gasteiger partial charge in [0.05, 0.1) is 11.9 Å². The number of rotatable bonds is 4. The zero-order chi connectivity index (χ0) is 15.5. The van der Waals surface area contributed by atoms with Gasteiger partial charge in [-0.25, -0.2) is 4.39 Å². The maximum absolute atomic E-state index is 13.4. The number of nitrogens with zero attached hydrogens (tertiary/aromatic N) is 1. The van der Waals surface area contributed by atoms with E-state index >= 15 is 0 Å². The highest BCUT2D eigenvalue weighted by Gasteiger charge is 2.36. The average Bonchev–Trinajstić information content (AvgIpc) is 3.04. The number of benzene rings is 1. The van der Waals surface area contributed by atoms with Gasteiger partial charge in [-0.05, 0) is 48.8 Å². The maximum Gasteiger partial charge on any atom is 0.191 e. The van der Waals surface area contributed by atoms with Crippen molar-refractivity contribution in [2.75, 3.05) is 5.32 Å². The van der Waals surface area contributed by atoms with Crippen LogP contribution in [-0.2, 0) is 0 Å². The van der Waals surface area contributed by atoms with E-state index < -0.39 is 0 Å². The van der Waals surface area contributed by atoms with E-state index in [0.717, 1.165) is 5.76 Å². The molecule has 0 bridgehead atoms. The number of hydrogen-bond donors (Lipinski definition) is 2. The Balaban J connectivity index is 1.52. The van der Waals surface area contributed by atoms with Crippen LogP contribution in [0.5, 0.6) is 0 Å². The number of halogens is 1. The summed E-state index contributed by atoms with van der Waals surface area (Å²) in [4.78, 5) is 0. The first-order chi connectivity index (χ1) is 10.6. The van der Waals surface area contributed by atoms with Crippen LogP contribution >= 0.6 is 12.2 Å². The summed E-state index contributed by atoms with van der Waals surface area (Å²) in [7, 11) is 0. The Morgan fingerprint density at radius 3 is 2.86 bits per heavy atom. The monoisotopic (exact) mass is 317 g/mol. The van der Waals surface area contributed by atoms with Gasteiger partial charge in [0.25, 0.3) is 0 Å². The smallest absolute Gasteiger partial charge is 0.191 e. The summed E-state index contributed by atoms with van der Waals surface area (Å²) in [6.07, 6.45) is 2.73. The number of anilines is 1. The van der Waals surface area contributed by atoms with Crippen LogP contribution in [0.2, 0.25) is 0 Å². The number of nitrogens with one attached hydrogen (secondary N) is 2. The highest BCUT2D eigenvalue weighted by atomic mass is 32.1. The van der Waals surface area contributed by atoms with E-state index in [4.69, 9.17) is 16.6 Å². The van der Waals surface area contributed by atoms with Crippen LogP contribution in [0, 0.1) is 11.7 Å². The molecule has 2 aromatic rings. The van der Waals surface area contributed by atoms with Crippen LogP contribution in [0.3, 0.4) is 0 Å². The van der Waals surface area contributed by atoms with Crippen LogP contribution < -0.4 is 10.7 Å². The van der Waals surface area contributed by atoms with Crippen LogP contribution in [0.25, 0.3) is 0 Å². The Morgan fingerprint density at radius 1 is 1.36 bits per heavy atom. The van der Waals surface area contributed by atoms with E-state index in [2.05, 4.69) is 22.8 Å². The Hall–Kier alpha value is -2.21. The lowest BCUT2D eigenvalue weighted by atomic mass is 10.3. The number of hydrogen-bond acceptors (Lipinski definition) is 3. The molecule has 1 aromatic heterocycles. The Labute approximate surface area is 133 Å². The molecule has 2 atom stereocenters. The second kappa shape index (κ2) is 6.27. The van der Waals surface area contributed by atoms with Crippen molar-refractivity contribution < 1.29 is 8.81 Å². The van der Waals surface area contributed by atoms with Gasteiger partial charge in [0.2, 0.25) is 0 Å². The molecule has 6 heteroatoms. The minimum atomic E-state index is -0.371. The molecule has 1 heterocycles. The summed E-state index contributed by atoms with van der Waals surface area (Å²) < 4.78 is 19.1. The predicted octanol–water partition coefficient (Wildman–Crippen LogP) is 3.86. The maximum atomic E-state index is 13.4. The van der Waals surface area contributed by atoms with Crippen molar-refractivity contribution >= 4 is 29.2 Å². The largest absolute Gasteiger partial charge is 0.460 e. The fourth-order valence-corrected chi connectivity index (χ4v) is 2.39. The third kappa shape index (κ3) is 3.51. The number of para-hydroxylation sites is 1. The molecular formula is C16H16FN3OS.